The minimum Gasteiger partial charge on any atom is -0.496 e. The molecule has 1 aromatic rings. The summed E-state index contributed by atoms with van der Waals surface area (Å²) in [6.07, 6.45) is 1.22. The zero-order chi connectivity index (χ0) is 11.6. The molecule has 0 amide bonds. The Kier molecular flexibility index (Phi) is 3.39. The molecule has 0 N–H and O–H groups in total. The summed E-state index contributed by atoms with van der Waals surface area (Å²) in [5.74, 6) is 0.749. The Morgan fingerprint density at radius 3 is 2.27 bits per heavy atom. The first kappa shape index (κ1) is 12.0. The van der Waals surface area contributed by atoms with Crippen molar-refractivity contribution in [2.24, 2.45) is 0 Å². The van der Waals surface area contributed by atoms with Crippen LogP contribution in [-0.4, -0.2) is 21.8 Å². The van der Waals surface area contributed by atoms with Crippen molar-refractivity contribution in [3.05, 3.63) is 23.8 Å². The number of hydrogen-bond acceptors (Lipinski definition) is 3. The molecule has 84 valence electrons. The normalized spacial score (nSPS) is 11.8. The third-order valence-corrected chi connectivity index (χ3v) is 3.38. The first-order valence-corrected chi connectivity index (χ1v) is 6.64. The van der Waals surface area contributed by atoms with Crippen molar-refractivity contribution in [3.63, 3.8) is 0 Å². The molecule has 0 saturated carbocycles. The number of hydrogen-bond donors (Lipinski definition) is 0. The number of sulfone groups is 1. The summed E-state index contributed by atoms with van der Waals surface area (Å²) in [6, 6.07) is 5.10. The highest BCUT2D eigenvalue weighted by Crippen LogP contribution is 2.32. The van der Waals surface area contributed by atoms with E-state index in [0.29, 0.717) is 10.6 Å². The van der Waals surface area contributed by atoms with Gasteiger partial charge in [-0.2, -0.15) is 0 Å². The van der Waals surface area contributed by atoms with Gasteiger partial charge < -0.3 is 4.74 Å². The molecule has 0 unspecified atom stereocenters. The predicted molar refractivity (Wildman–Crippen MR) is 60.2 cm³/mol. The Labute approximate surface area is 91.0 Å². The molecule has 0 spiro atoms. The second-order valence-electron chi connectivity index (χ2n) is 3.80. The van der Waals surface area contributed by atoms with Gasteiger partial charge in [-0.3, -0.25) is 0 Å². The Balaban J connectivity index is 3.53. The van der Waals surface area contributed by atoms with E-state index in [1.54, 1.807) is 25.3 Å². The average molecular weight is 228 g/mol. The monoisotopic (exact) mass is 228 g/mol. The van der Waals surface area contributed by atoms with Crippen LogP contribution in [0.3, 0.4) is 0 Å². The standard InChI is InChI=1S/C11H16O3S/c1-8(2)11-9(14-3)6-5-7-10(11)15(4,12)13/h5-8H,1-4H3. The fraction of sp³-hybridized carbons (Fsp3) is 0.455. The first-order valence-electron chi connectivity index (χ1n) is 4.75. The second-order valence-corrected chi connectivity index (χ2v) is 5.78. The van der Waals surface area contributed by atoms with Gasteiger partial charge >= 0.3 is 0 Å². The highest BCUT2D eigenvalue weighted by atomic mass is 32.2. The Morgan fingerprint density at radius 1 is 1.27 bits per heavy atom. The van der Waals surface area contributed by atoms with Gasteiger partial charge in [0, 0.05) is 11.8 Å². The molecular weight excluding hydrogens is 212 g/mol. The van der Waals surface area contributed by atoms with Crippen LogP contribution in [0.1, 0.15) is 25.3 Å². The average Bonchev–Trinajstić information content (AvgIpc) is 2.15. The van der Waals surface area contributed by atoms with Gasteiger partial charge in [0.2, 0.25) is 0 Å². The summed E-state index contributed by atoms with van der Waals surface area (Å²) in [5, 5.41) is 0. The highest BCUT2D eigenvalue weighted by Gasteiger charge is 2.19. The molecule has 0 atom stereocenters. The van der Waals surface area contributed by atoms with Gasteiger partial charge in [-0.1, -0.05) is 19.9 Å². The van der Waals surface area contributed by atoms with Crippen molar-refractivity contribution < 1.29 is 13.2 Å². The third-order valence-electron chi connectivity index (χ3n) is 2.22. The van der Waals surface area contributed by atoms with Crippen LogP contribution in [0.25, 0.3) is 0 Å². The number of benzene rings is 1. The van der Waals surface area contributed by atoms with Crippen LogP contribution in [0.2, 0.25) is 0 Å². The van der Waals surface area contributed by atoms with Crippen LogP contribution in [0, 0.1) is 0 Å². The number of ether oxygens (including phenoxy) is 1. The van der Waals surface area contributed by atoms with Gasteiger partial charge in [0.05, 0.1) is 12.0 Å². The van der Waals surface area contributed by atoms with Gasteiger partial charge in [-0.25, -0.2) is 8.42 Å². The van der Waals surface area contributed by atoms with Crippen LogP contribution >= 0.6 is 0 Å². The molecule has 0 aliphatic carbocycles. The van der Waals surface area contributed by atoms with E-state index in [0.717, 1.165) is 5.56 Å². The first-order chi connectivity index (χ1) is 6.88. The summed E-state index contributed by atoms with van der Waals surface area (Å²) < 4.78 is 28.3. The minimum absolute atomic E-state index is 0.117. The maximum absolute atomic E-state index is 11.6. The van der Waals surface area contributed by atoms with E-state index in [1.807, 2.05) is 13.8 Å². The molecule has 4 heteroatoms. The molecule has 0 aliphatic rings. The molecule has 15 heavy (non-hydrogen) atoms. The fourth-order valence-electron chi connectivity index (χ4n) is 1.59. The van der Waals surface area contributed by atoms with Crippen molar-refractivity contribution in [2.75, 3.05) is 13.4 Å². The number of rotatable bonds is 3. The Morgan fingerprint density at radius 2 is 1.87 bits per heavy atom. The summed E-state index contributed by atoms with van der Waals surface area (Å²) in [5.41, 5.74) is 0.752. The molecule has 0 saturated heterocycles. The SMILES string of the molecule is COc1cccc(S(C)(=O)=O)c1C(C)C. The van der Waals surface area contributed by atoms with Crippen LogP contribution < -0.4 is 4.74 Å². The lowest BCUT2D eigenvalue weighted by Gasteiger charge is -2.15. The molecule has 0 fully saturated rings. The van der Waals surface area contributed by atoms with Crippen molar-refractivity contribution in [1.29, 1.82) is 0 Å². The largest absolute Gasteiger partial charge is 0.496 e. The van der Waals surface area contributed by atoms with Crippen molar-refractivity contribution in [3.8, 4) is 5.75 Å². The van der Waals surface area contributed by atoms with E-state index in [2.05, 4.69) is 0 Å². The maximum atomic E-state index is 11.6. The van der Waals surface area contributed by atoms with Crippen molar-refractivity contribution in [1.82, 2.24) is 0 Å². The lowest BCUT2D eigenvalue weighted by Crippen LogP contribution is -2.05. The van der Waals surface area contributed by atoms with Crippen molar-refractivity contribution >= 4 is 9.84 Å². The van der Waals surface area contributed by atoms with E-state index in [9.17, 15) is 8.42 Å². The summed E-state index contributed by atoms with van der Waals surface area (Å²) in [4.78, 5) is 0.358. The molecule has 0 bridgehead atoms. The molecule has 0 heterocycles. The summed E-state index contributed by atoms with van der Waals surface area (Å²) in [7, 11) is -1.64. The van der Waals surface area contributed by atoms with Gasteiger partial charge in [0.25, 0.3) is 0 Å². The van der Waals surface area contributed by atoms with E-state index in [1.165, 1.54) is 6.26 Å². The Hall–Kier alpha value is -1.03. The van der Waals surface area contributed by atoms with Crippen molar-refractivity contribution in [2.45, 2.75) is 24.7 Å². The van der Waals surface area contributed by atoms with Crippen LogP contribution in [0.5, 0.6) is 5.75 Å². The molecular formula is C11H16O3S. The Bertz CT molecular complexity index is 447. The zero-order valence-electron chi connectivity index (χ0n) is 9.44. The van der Waals surface area contributed by atoms with E-state index < -0.39 is 9.84 Å². The predicted octanol–water partition coefficient (Wildman–Crippen LogP) is 2.22. The smallest absolute Gasteiger partial charge is 0.175 e. The lowest BCUT2D eigenvalue weighted by atomic mass is 10.0. The van der Waals surface area contributed by atoms with Crippen LogP contribution in [-0.2, 0) is 9.84 Å². The molecule has 0 aliphatic heterocycles. The zero-order valence-corrected chi connectivity index (χ0v) is 10.3. The van der Waals surface area contributed by atoms with Crippen LogP contribution in [0.4, 0.5) is 0 Å². The molecule has 1 rings (SSSR count). The number of methoxy groups -OCH3 is 1. The topological polar surface area (TPSA) is 43.4 Å². The second kappa shape index (κ2) is 4.23. The van der Waals surface area contributed by atoms with Gasteiger partial charge in [0.15, 0.2) is 9.84 Å². The molecule has 1 aromatic carbocycles. The quantitative estimate of drug-likeness (QED) is 0.796. The van der Waals surface area contributed by atoms with Crippen LogP contribution in [0.15, 0.2) is 23.1 Å². The molecule has 3 nitrogen and oxygen atoms in total. The minimum atomic E-state index is -3.19. The highest BCUT2D eigenvalue weighted by molar-refractivity contribution is 7.90. The van der Waals surface area contributed by atoms with Gasteiger partial charge in [0.1, 0.15) is 5.75 Å². The maximum Gasteiger partial charge on any atom is 0.175 e. The van der Waals surface area contributed by atoms with E-state index in [-0.39, 0.29) is 5.92 Å². The third kappa shape index (κ3) is 2.50. The van der Waals surface area contributed by atoms with E-state index in [4.69, 9.17) is 4.74 Å². The summed E-state index contributed by atoms with van der Waals surface area (Å²) >= 11 is 0. The van der Waals surface area contributed by atoms with Gasteiger partial charge in [-0.15, -0.1) is 0 Å². The molecule has 0 radical (unpaired) electrons. The lowest BCUT2D eigenvalue weighted by molar-refractivity contribution is 0.405. The fourth-order valence-corrected chi connectivity index (χ4v) is 2.66. The van der Waals surface area contributed by atoms with E-state index >= 15 is 0 Å². The summed E-state index contributed by atoms with van der Waals surface area (Å²) in [6.45, 7) is 3.90. The van der Waals surface area contributed by atoms with Gasteiger partial charge in [-0.05, 0) is 18.1 Å². The molecule has 0 aromatic heterocycles.